The molecule has 0 radical (unpaired) electrons. The summed E-state index contributed by atoms with van der Waals surface area (Å²) < 4.78 is 127. The Balaban J connectivity index is 0.000000147. The molecular formula is C63H64F3N15O6. The number of hydrogen-bond acceptors (Lipinski definition) is 18. The molecule has 2 unspecified atom stereocenters. The fourth-order valence-corrected chi connectivity index (χ4v) is 9.68. The van der Waals surface area contributed by atoms with Gasteiger partial charge in [0, 0.05) is 94.8 Å². The summed E-state index contributed by atoms with van der Waals surface area (Å²) in [5.41, 5.74) is 17.7. The van der Waals surface area contributed by atoms with E-state index in [-0.39, 0.29) is 52.9 Å². The van der Waals surface area contributed by atoms with Crippen molar-refractivity contribution in [2.24, 2.45) is 11.8 Å². The van der Waals surface area contributed by atoms with Crippen LogP contribution in [0.1, 0.15) is 98.4 Å². The molecule has 11 heterocycles. The van der Waals surface area contributed by atoms with Crippen molar-refractivity contribution in [3.63, 3.8) is 0 Å². The number of methoxy groups -OCH3 is 1. The first-order valence-corrected chi connectivity index (χ1v) is 27.5. The van der Waals surface area contributed by atoms with Crippen LogP contribution in [0.5, 0.6) is 0 Å². The second-order valence-corrected chi connectivity index (χ2v) is 21.7. The lowest BCUT2D eigenvalue weighted by Crippen LogP contribution is -2.32. The lowest BCUT2D eigenvalue weighted by Gasteiger charge is -2.28. The van der Waals surface area contributed by atoms with Gasteiger partial charge in [-0.15, -0.1) is 0 Å². The van der Waals surface area contributed by atoms with E-state index in [0.29, 0.717) is 71.8 Å². The number of anilines is 3. The average Bonchev–Trinajstić information content (AvgIpc) is 1.47. The number of nitrogens with zero attached hydrogens (tertiary/aromatic N) is 12. The summed E-state index contributed by atoms with van der Waals surface area (Å²) in [6.45, 7) is 4.28. The van der Waals surface area contributed by atoms with E-state index >= 15 is 0 Å². The van der Waals surface area contributed by atoms with Crippen LogP contribution < -0.4 is 17.2 Å². The quantitative estimate of drug-likeness (QED) is 0.0525. The van der Waals surface area contributed by atoms with Crippen LogP contribution in [0.4, 0.5) is 31.0 Å². The molecule has 0 aromatic carbocycles. The fourth-order valence-electron chi connectivity index (χ4n) is 9.68. The van der Waals surface area contributed by atoms with Gasteiger partial charge in [-0.1, -0.05) is 17.8 Å². The van der Waals surface area contributed by atoms with Crippen molar-refractivity contribution in [2.75, 3.05) is 64.0 Å². The molecule has 2 saturated heterocycles. The Labute approximate surface area is 509 Å². The number of rotatable bonds is 12. The van der Waals surface area contributed by atoms with Crippen LogP contribution in [0.3, 0.4) is 0 Å². The molecule has 87 heavy (non-hydrogen) atoms. The van der Waals surface area contributed by atoms with Crippen LogP contribution in [-0.4, -0.2) is 137 Å². The van der Waals surface area contributed by atoms with Crippen molar-refractivity contribution in [2.45, 2.75) is 95.1 Å². The van der Waals surface area contributed by atoms with Gasteiger partial charge in [0.15, 0.2) is 17.2 Å². The van der Waals surface area contributed by atoms with Gasteiger partial charge in [0.2, 0.25) is 17.8 Å². The lowest BCUT2D eigenvalue weighted by molar-refractivity contribution is -0.0214. The molecule has 24 heteroatoms. The summed E-state index contributed by atoms with van der Waals surface area (Å²) in [6.07, 6.45) is 10.5. The third-order valence-electron chi connectivity index (χ3n) is 14.6. The van der Waals surface area contributed by atoms with E-state index < -0.39 is 60.6 Å². The maximum atomic E-state index is 14.7. The molecule has 2 aliphatic heterocycles. The maximum absolute atomic E-state index is 14.7. The van der Waals surface area contributed by atoms with Crippen LogP contribution >= 0.6 is 0 Å². The minimum atomic E-state index is -3.43. The molecule has 9 aromatic rings. The molecule has 4 aliphatic rings. The third-order valence-corrected chi connectivity index (χ3v) is 14.6. The highest BCUT2D eigenvalue weighted by atomic mass is 19.1. The summed E-state index contributed by atoms with van der Waals surface area (Å²) in [7, 11) is 1.70. The normalized spacial score (nSPS) is 19.3. The van der Waals surface area contributed by atoms with Crippen molar-refractivity contribution in [1.82, 2.24) is 58.6 Å². The molecule has 2 atom stereocenters. The lowest BCUT2D eigenvalue weighted by atomic mass is 10.0. The first-order chi connectivity index (χ1) is 44.8. The van der Waals surface area contributed by atoms with E-state index in [1.807, 2.05) is 28.0 Å². The van der Waals surface area contributed by atoms with Crippen molar-refractivity contribution >= 4 is 50.6 Å². The molecule has 9 N–H and O–H groups in total. The SMILES string of the molecule is COCCCn1cc(-c2nc(N)ncc2C)c2cc(C#CC(C)(C)O)ncc21.Nc1ncc(F)c(-c2cn(C3COC3)c3cnc(C#CC(O)(CF)C4CC4)cc23)n1.[2H]C([2H])([2H])C(O)(C#Cc1cc2c(-c3nc(N)ncc3F)cn(C3COC3)c2cn1)C1([2H])C([2H])([2H])C1([2H])[2H]. The van der Waals surface area contributed by atoms with E-state index in [2.05, 4.69) is 85.2 Å². The number of halogens is 3. The zero-order valence-electron chi connectivity index (χ0n) is 55.5. The van der Waals surface area contributed by atoms with E-state index in [4.69, 9.17) is 42.4 Å². The summed E-state index contributed by atoms with van der Waals surface area (Å²) in [4.78, 5) is 36.9. The molecule has 448 valence electrons. The van der Waals surface area contributed by atoms with Crippen molar-refractivity contribution in [3.8, 4) is 69.3 Å². The summed E-state index contributed by atoms with van der Waals surface area (Å²) in [6, 6.07) is 5.07. The predicted molar refractivity (Wildman–Crippen MR) is 320 cm³/mol. The highest BCUT2D eigenvalue weighted by molar-refractivity contribution is 5.98. The van der Waals surface area contributed by atoms with Crippen molar-refractivity contribution in [1.29, 1.82) is 0 Å². The smallest absolute Gasteiger partial charge is 0.220 e. The van der Waals surface area contributed by atoms with E-state index in [9.17, 15) is 28.5 Å². The minimum absolute atomic E-state index is 0.0363. The summed E-state index contributed by atoms with van der Waals surface area (Å²) in [5.74, 6) is 11.0. The van der Waals surface area contributed by atoms with Gasteiger partial charge >= 0.3 is 0 Å². The number of aliphatic hydroxyl groups is 3. The molecule has 0 spiro atoms. The molecule has 9 aromatic heterocycles. The second kappa shape index (κ2) is 24.4. The van der Waals surface area contributed by atoms with E-state index in [1.54, 1.807) is 58.0 Å². The van der Waals surface area contributed by atoms with Gasteiger partial charge in [-0.2, -0.15) is 0 Å². The zero-order chi connectivity index (χ0) is 68.4. The van der Waals surface area contributed by atoms with Crippen LogP contribution in [0.2, 0.25) is 0 Å². The Kier molecular flexibility index (Phi) is 14.0. The molecule has 0 amide bonds. The van der Waals surface area contributed by atoms with Gasteiger partial charge < -0.3 is 60.4 Å². The number of alkyl halides is 1. The average molecular weight is 1190 g/mol. The number of ether oxygens (including phenoxy) is 3. The number of aryl methyl sites for hydroxylation is 2. The highest BCUT2D eigenvalue weighted by Gasteiger charge is 2.43. The number of aromatic nitrogens is 12. The highest BCUT2D eigenvalue weighted by Crippen LogP contribution is 2.42. The standard InChI is InChI=1S/C21H19F2N5O2.C21H20FN5O2.C21H25N5O2/c22-11-21(29,12-1-2-12)4-3-13-5-15-16(19-17(23)6-26-20(24)27-19)8-28(14-9-30-10-14)18(15)7-25-13;1-21(28,12-2-3-12)5-4-13-6-15-16(19-17(22)7-25-20(23)26-19)9-27(14-10-29-11-14)18(15)8-24-13;1-14-11-24-20(22)25-19(14)17-13-26(8-5-9-28-4)18-12-23-15(10-16(17)18)6-7-21(2,3)27/h5-8,12,14,29H,1-2,9-11H2,(H2,24,26,27);6-9,12,14,28H,2-3,10-11H2,1H3,(H2,23,25,26);10-13,27H,5,8-9H2,1-4H3,(H2,22,24,25)/i;1D3,2D2,3D2,12D;. The first kappa shape index (κ1) is 50.1. The van der Waals surface area contributed by atoms with Crippen LogP contribution in [0.15, 0.2) is 74.0 Å². The molecule has 2 saturated carbocycles. The van der Waals surface area contributed by atoms with Gasteiger partial charge in [0.05, 0.1) is 91.7 Å². The number of nitrogens with two attached hydrogens (primary N) is 3. The Bertz CT molecular complexity index is 4660. The monoisotopic (exact) mass is 1190 g/mol. The number of hydrogen-bond donors (Lipinski definition) is 6. The number of pyridine rings is 3. The van der Waals surface area contributed by atoms with Gasteiger partial charge in [-0.3, -0.25) is 0 Å². The van der Waals surface area contributed by atoms with Crippen LogP contribution in [0.25, 0.3) is 66.5 Å². The molecule has 21 nitrogen and oxygen atoms in total. The molecule has 13 rings (SSSR count). The first-order valence-electron chi connectivity index (χ1n) is 31.5. The van der Waals surface area contributed by atoms with E-state index in [1.165, 1.54) is 12.3 Å². The predicted octanol–water partition coefficient (Wildman–Crippen LogP) is 7.09. The van der Waals surface area contributed by atoms with Gasteiger partial charge in [0.1, 0.15) is 46.3 Å². The van der Waals surface area contributed by atoms with Crippen LogP contribution in [0, 0.1) is 65.9 Å². The fraction of sp³-hybridized carbons (Fsp3) is 0.381. The second-order valence-electron chi connectivity index (χ2n) is 21.7. The number of fused-ring (bicyclic) bond motifs is 3. The Morgan fingerprint density at radius 2 is 1.15 bits per heavy atom. The number of nitrogen functional groups attached to an aromatic ring is 3. The molecule has 4 fully saturated rings. The van der Waals surface area contributed by atoms with Gasteiger partial charge in [0.25, 0.3) is 0 Å². The molecular weight excluding hydrogens is 1120 g/mol. The molecule has 2 aliphatic carbocycles. The van der Waals surface area contributed by atoms with Crippen LogP contribution in [-0.2, 0) is 20.8 Å². The Morgan fingerprint density at radius 3 is 1.61 bits per heavy atom. The van der Waals surface area contributed by atoms with Gasteiger partial charge in [-0.05, 0) is 107 Å². The maximum Gasteiger partial charge on any atom is 0.220 e. The summed E-state index contributed by atoms with van der Waals surface area (Å²) in [5, 5.41) is 33.3. The topological polar surface area (TPSA) is 297 Å². The third kappa shape index (κ3) is 13.2. The Morgan fingerprint density at radius 1 is 0.678 bits per heavy atom. The summed E-state index contributed by atoms with van der Waals surface area (Å²) >= 11 is 0. The van der Waals surface area contributed by atoms with Crippen molar-refractivity contribution < 1.29 is 53.7 Å². The van der Waals surface area contributed by atoms with E-state index in [0.717, 1.165) is 71.4 Å². The Hall–Kier alpha value is -9.06. The largest absolute Gasteiger partial charge is 0.385 e. The zero-order valence-corrected chi connectivity index (χ0v) is 47.5. The molecule has 0 bridgehead atoms. The minimum Gasteiger partial charge on any atom is -0.385 e. The van der Waals surface area contributed by atoms with Crippen molar-refractivity contribution in [3.05, 3.63) is 108 Å². The van der Waals surface area contributed by atoms with Gasteiger partial charge in [-0.25, -0.2) is 58.0 Å².